The first-order chi connectivity index (χ1) is 13.2. The highest BCUT2D eigenvalue weighted by Crippen LogP contribution is 2.34. The SMILES string of the molecule is CN(C)c1ccnc(-c2noc(C3CCC(OCC4CCCO4)CC3)n2)c1. The van der Waals surface area contributed by atoms with Crippen molar-refractivity contribution >= 4 is 5.69 Å². The van der Waals surface area contributed by atoms with Crippen LogP contribution in [0.1, 0.15) is 50.3 Å². The van der Waals surface area contributed by atoms with E-state index in [1.165, 1.54) is 0 Å². The average Bonchev–Trinajstić information content (AvgIpc) is 3.39. The van der Waals surface area contributed by atoms with Crippen molar-refractivity contribution in [1.82, 2.24) is 15.1 Å². The second kappa shape index (κ2) is 8.35. The Morgan fingerprint density at radius 2 is 2.04 bits per heavy atom. The maximum absolute atomic E-state index is 6.05. The quantitative estimate of drug-likeness (QED) is 0.769. The first-order valence-corrected chi connectivity index (χ1v) is 9.89. The largest absolute Gasteiger partial charge is 0.378 e. The van der Waals surface area contributed by atoms with Gasteiger partial charge >= 0.3 is 0 Å². The van der Waals surface area contributed by atoms with E-state index in [-0.39, 0.29) is 0 Å². The van der Waals surface area contributed by atoms with Crippen LogP contribution in [0, 0.1) is 0 Å². The summed E-state index contributed by atoms with van der Waals surface area (Å²) in [7, 11) is 4.00. The van der Waals surface area contributed by atoms with Crippen LogP contribution in [0.2, 0.25) is 0 Å². The Labute approximate surface area is 160 Å². The van der Waals surface area contributed by atoms with Gasteiger partial charge in [0.05, 0.1) is 18.8 Å². The van der Waals surface area contributed by atoms with Gasteiger partial charge in [0, 0.05) is 38.5 Å². The second-order valence-electron chi connectivity index (χ2n) is 7.69. The van der Waals surface area contributed by atoms with E-state index in [0.29, 0.717) is 24.0 Å². The van der Waals surface area contributed by atoms with Crippen LogP contribution < -0.4 is 4.90 Å². The zero-order valence-corrected chi connectivity index (χ0v) is 16.1. The Hall–Kier alpha value is -1.99. The molecule has 2 aromatic heterocycles. The van der Waals surface area contributed by atoms with Crippen LogP contribution >= 0.6 is 0 Å². The monoisotopic (exact) mass is 372 g/mol. The smallest absolute Gasteiger partial charge is 0.230 e. The average molecular weight is 372 g/mol. The molecule has 4 rings (SSSR count). The Morgan fingerprint density at radius 3 is 2.78 bits per heavy atom. The molecule has 2 aromatic rings. The molecule has 0 spiro atoms. The van der Waals surface area contributed by atoms with Gasteiger partial charge in [-0.15, -0.1) is 0 Å². The molecule has 0 aromatic carbocycles. The van der Waals surface area contributed by atoms with Gasteiger partial charge < -0.3 is 18.9 Å². The number of nitrogens with zero attached hydrogens (tertiary/aromatic N) is 4. The number of ether oxygens (including phenoxy) is 2. The summed E-state index contributed by atoms with van der Waals surface area (Å²) in [5, 5.41) is 4.15. The fourth-order valence-electron chi connectivity index (χ4n) is 3.82. The van der Waals surface area contributed by atoms with E-state index >= 15 is 0 Å². The molecule has 1 aliphatic heterocycles. The Bertz CT molecular complexity index is 734. The minimum Gasteiger partial charge on any atom is -0.378 e. The lowest BCUT2D eigenvalue weighted by molar-refractivity contribution is -0.0350. The Balaban J connectivity index is 1.32. The zero-order chi connectivity index (χ0) is 18.6. The molecule has 146 valence electrons. The van der Waals surface area contributed by atoms with Crippen molar-refractivity contribution in [1.29, 1.82) is 0 Å². The third-order valence-electron chi connectivity index (χ3n) is 5.50. The van der Waals surface area contributed by atoms with Crippen molar-refractivity contribution in [3.8, 4) is 11.5 Å². The van der Waals surface area contributed by atoms with Gasteiger partial charge in [0.25, 0.3) is 0 Å². The summed E-state index contributed by atoms with van der Waals surface area (Å²) in [4.78, 5) is 11.0. The molecule has 7 heteroatoms. The van der Waals surface area contributed by atoms with Crippen molar-refractivity contribution in [2.24, 2.45) is 0 Å². The van der Waals surface area contributed by atoms with E-state index in [9.17, 15) is 0 Å². The first kappa shape index (κ1) is 18.4. The van der Waals surface area contributed by atoms with Gasteiger partial charge in [-0.25, -0.2) is 0 Å². The molecule has 1 aliphatic carbocycles. The summed E-state index contributed by atoms with van der Waals surface area (Å²) < 4.78 is 17.2. The molecule has 1 atom stereocenters. The number of rotatable bonds is 6. The number of aromatic nitrogens is 3. The number of hydrogen-bond acceptors (Lipinski definition) is 7. The summed E-state index contributed by atoms with van der Waals surface area (Å²) >= 11 is 0. The molecule has 27 heavy (non-hydrogen) atoms. The fourth-order valence-corrected chi connectivity index (χ4v) is 3.82. The summed E-state index contributed by atoms with van der Waals surface area (Å²) in [5.74, 6) is 1.59. The third-order valence-corrected chi connectivity index (χ3v) is 5.50. The molecule has 0 N–H and O–H groups in total. The molecular formula is C20H28N4O3. The van der Waals surface area contributed by atoms with Gasteiger partial charge in [-0.3, -0.25) is 4.98 Å². The third kappa shape index (κ3) is 4.47. The lowest BCUT2D eigenvalue weighted by Crippen LogP contribution is -2.25. The van der Waals surface area contributed by atoms with Crippen molar-refractivity contribution < 1.29 is 14.0 Å². The van der Waals surface area contributed by atoms with E-state index in [1.807, 2.05) is 31.1 Å². The van der Waals surface area contributed by atoms with E-state index < -0.39 is 0 Å². The van der Waals surface area contributed by atoms with Crippen molar-refractivity contribution in [2.45, 2.75) is 56.7 Å². The van der Waals surface area contributed by atoms with Crippen LogP contribution in [-0.2, 0) is 9.47 Å². The van der Waals surface area contributed by atoms with Gasteiger partial charge in [-0.1, -0.05) is 5.16 Å². The van der Waals surface area contributed by atoms with E-state index in [0.717, 1.165) is 69.0 Å². The van der Waals surface area contributed by atoms with Gasteiger partial charge in [-0.2, -0.15) is 4.98 Å². The van der Waals surface area contributed by atoms with Gasteiger partial charge in [0.15, 0.2) is 0 Å². The highest BCUT2D eigenvalue weighted by molar-refractivity contribution is 5.57. The molecule has 3 heterocycles. The maximum Gasteiger partial charge on any atom is 0.230 e. The molecule has 0 radical (unpaired) electrons. The molecule has 2 aliphatic rings. The van der Waals surface area contributed by atoms with Crippen LogP contribution in [0.5, 0.6) is 0 Å². The van der Waals surface area contributed by atoms with Crippen LogP contribution in [0.25, 0.3) is 11.5 Å². The molecule has 1 saturated carbocycles. The Morgan fingerprint density at radius 1 is 1.19 bits per heavy atom. The predicted molar refractivity (Wildman–Crippen MR) is 102 cm³/mol. The first-order valence-electron chi connectivity index (χ1n) is 9.89. The fraction of sp³-hybridized carbons (Fsp3) is 0.650. The van der Waals surface area contributed by atoms with Crippen molar-refractivity contribution in [2.75, 3.05) is 32.2 Å². The molecule has 2 fully saturated rings. The predicted octanol–water partition coefficient (Wildman–Crippen LogP) is 3.42. The van der Waals surface area contributed by atoms with Crippen LogP contribution in [0.4, 0.5) is 5.69 Å². The topological polar surface area (TPSA) is 73.5 Å². The minimum absolute atomic E-state index is 0.298. The minimum atomic E-state index is 0.298. The van der Waals surface area contributed by atoms with E-state index in [1.54, 1.807) is 6.20 Å². The summed E-state index contributed by atoms with van der Waals surface area (Å²) in [6.07, 6.45) is 8.78. The van der Waals surface area contributed by atoms with Gasteiger partial charge in [-0.05, 0) is 50.7 Å². The van der Waals surface area contributed by atoms with Crippen LogP contribution in [0.3, 0.4) is 0 Å². The number of anilines is 1. The van der Waals surface area contributed by atoms with E-state index in [4.69, 9.17) is 14.0 Å². The summed E-state index contributed by atoms with van der Waals surface area (Å²) in [5.41, 5.74) is 1.81. The highest BCUT2D eigenvalue weighted by atomic mass is 16.5. The number of pyridine rings is 1. The van der Waals surface area contributed by atoms with Gasteiger partial charge in [0.1, 0.15) is 5.69 Å². The maximum atomic E-state index is 6.05. The summed E-state index contributed by atoms with van der Waals surface area (Å²) in [6.45, 7) is 1.61. The molecule has 1 unspecified atom stereocenters. The molecular weight excluding hydrogens is 344 g/mol. The van der Waals surface area contributed by atoms with Crippen LogP contribution in [0.15, 0.2) is 22.9 Å². The molecule has 0 bridgehead atoms. The van der Waals surface area contributed by atoms with Crippen molar-refractivity contribution in [3.05, 3.63) is 24.2 Å². The highest BCUT2D eigenvalue weighted by Gasteiger charge is 2.28. The lowest BCUT2D eigenvalue weighted by Gasteiger charge is -2.27. The second-order valence-corrected chi connectivity index (χ2v) is 7.69. The van der Waals surface area contributed by atoms with E-state index in [2.05, 4.69) is 15.1 Å². The molecule has 7 nitrogen and oxygen atoms in total. The standard InChI is InChI=1S/C20H28N4O3/c1-24(2)15-9-10-21-18(12-15)19-22-20(27-23-19)14-5-7-16(8-6-14)26-13-17-4-3-11-25-17/h9-10,12,14,16-17H,3-8,11,13H2,1-2H3. The normalized spacial score (nSPS) is 25.6. The zero-order valence-electron chi connectivity index (χ0n) is 16.1. The molecule has 0 amide bonds. The summed E-state index contributed by atoms with van der Waals surface area (Å²) in [6, 6.07) is 3.94. The van der Waals surface area contributed by atoms with Crippen LogP contribution in [-0.4, -0.2) is 54.6 Å². The Kier molecular flexibility index (Phi) is 5.69. The molecule has 1 saturated heterocycles. The number of hydrogen-bond donors (Lipinski definition) is 0. The van der Waals surface area contributed by atoms with Crippen molar-refractivity contribution in [3.63, 3.8) is 0 Å². The van der Waals surface area contributed by atoms with Gasteiger partial charge in [0.2, 0.25) is 11.7 Å². The lowest BCUT2D eigenvalue weighted by atomic mass is 9.87.